The second-order valence-corrected chi connectivity index (χ2v) is 7.98. The van der Waals surface area contributed by atoms with Crippen molar-refractivity contribution in [2.24, 2.45) is 0 Å². The van der Waals surface area contributed by atoms with Gasteiger partial charge in [-0.25, -0.2) is 9.69 Å². The molecule has 0 radical (unpaired) electrons. The maximum absolute atomic E-state index is 13.7. The van der Waals surface area contributed by atoms with Gasteiger partial charge >= 0.3 is 5.97 Å². The van der Waals surface area contributed by atoms with E-state index >= 15 is 0 Å². The first kappa shape index (κ1) is 18.0. The van der Waals surface area contributed by atoms with Gasteiger partial charge in [-0.2, -0.15) is 0 Å². The molecule has 0 aliphatic carbocycles. The van der Waals surface area contributed by atoms with Crippen LogP contribution in [0.2, 0.25) is 0 Å². The molecule has 0 N–H and O–H groups in total. The lowest BCUT2D eigenvalue weighted by molar-refractivity contribution is -0.149. The number of rotatable bonds is 4. The highest BCUT2D eigenvalue weighted by atomic mass is 16.6. The van der Waals surface area contributed by atoms with E-state index in [1.165, 1.54) is 0 Å². The van der Waals surface area contributed by atoms with Crippen LogP contribution in [-0.2, 0) is 9.53 Å². The van der Waals surface area contributed by atoms with Crippen molar-refractivity contribution in [1.29, 1.82) is 0 Å². The standard InChI is InChI=1S/C24H21NO4/c1-23-18(20(26)16-10-4-2-5-11-16)19(21(27)17-12-6-3-7-13-17)24(22(28)29-23)14-8-9-15-25(23)24/h2-7,10-13H,8-9,14-15H2,1H3. The lowest BCUT2D eigenvalue weighted by Crippen LogP contribution is -2.54. The second-order valence-electron chi connectivity index (χ2n) is 7.98. The lowest BCUT2D eigenvalue weighted by atomic mass is 9.77. The normalized spacial score (nSPS) is 28.2. The van der Waals surface area contributed by atoms with Crippen LogP contribution in [-0.4, -0.2) is 40.2 Å². The molecular formula is C24H21NO4. The van der Waals surface area contributed by atoms with E-state index in [9.17, 15) is 14.4 Å². The number of hydrogen-bond donors (Lipinski definition) is 0. The maximum atomic E-state index is 13.7. The molecule has 2 unspecified atom stereocenters. The van der Waals surface area contributed by atoms with Crippen molar-refractivity contribution in [3.05, 3.63) is 82.9 Å². The number of ketones is 2. The molecule has 5 heteroatoms. The molecule has 3 heterocycles. The summed E-state index contributed by atoms with van der Waals surface area (Å²) >= 11 is 0. The molecule has 2 bridgehead atoms. The van der Waals surface area contributed by atoms with E-state index in [2.05, 4.69) is 0 Å². The number of benzene rings is 2. The van der Waals surface area contributed by atoms with Crippen molar-refractivity contribution in [2.75, 3.05) is 6.54 Å². The molecule has 2 fully saturated rings. The van der Waals surface area contributed by atoms with Crippen molar-refractivity contribution >= 4 is 17.5 Å². The first-order valence-electron chi connectivity index (χ1n) is 9.96. The molecule has 146 valence electrons. The fourth-order valence-corrected chi connectivity index (χ4v) is 5.17. The van der Waals surface area contributed by atoms with Gasteiger partial charge in [-0.05, 0) is 26.2 Å². The Labute approximate surface area is 169 Å². The molecule has 2 aromatic carbocycles. The molecular weight excluding hydrogens is 366 g/mol. The number of Topliss-reactive ketones (excluding diaryl/α,β-unsaturated/α-hetero) is 2. The quantitative estimate of drug-likeness (QED) is 0.593. The van der Waals surface area contributed by atoms with Gasteiger partial charge in [0, 0.05) is 23.2 Å². The van der Waals surface area contributed by atoms with Crippen LogP contribution in [0.3, 0.4) is 0 Å². The Morgan fingerprint density at radius 1 is 0.862 bits per heavy atom. The smallest absolute Gasteiger partial charge is 0.333 e. The number of carbonyl (C=O) groups excluding carboxylic acids is 3. The monoisotopic (exact) mass is 387 g/mol. The SMILES string of the molecule is CC12OC(=O)C3(CCCCN13)C(C(=O)c1ccccc1)=C2C(=O)c1ccccc1. The molecule has 0 saturated carbocycles. The molecule has 0 amide bonds. The highest BCUT2D eigenvalue weighted by molar-refractivity contribution is 6.24. The van der Waals surface area contributed by atoms with Crippen LogP contribution in [0.4, 0.5) is 0 Å². The molecule has 0 spiro atoms. The van der Waals surface area contributed by atoms with Gasteiger partial charge in [-0.3, -0.25) is 9.59 Å². The summed E-state index contributed by atoms with van der Waals surface area (Å²) in [5.74, 6) is -0.936. The summed E-state index contributed by atoms with van der Waals surface area (Å²) in [4.78, 5) is 42.3. The van der Waals surface area contributed by atoms with Crippen LogP contribution in [0.1, 0.15) is 46.9 Å². The van der Waals surface area contributed by atoms with Gasteiger partial charge in [0.1, 0.15) is 0 Å². The summed E-state index contributed by atoms with van der Waals surface area (Å²) in [7, 11) is 0. The summed E-state index contributed by atoms with van der Waals surface area (Å²) in [5, 5.41) is 0. The highest BCUT2D eigenvalue weighted by Crippen LogP contribution is 2.57. The number of esters is 1. The Hall–Kier alpha value is -3.05. The van der Waals surface area contributed by atoms with Crippen molar-refractivity contribution in [3.8, 4) is 0 Å². The van der Waals surface area contributed by atoms with Gasteiger partial charge < -0.3 is 4.74 Å². The summed E-state index contributed by atoms with van der Waals surface area (Å²) in [6.07, 6.45) is 2.19. The molecule has 2 aromatic rings. The van der Waals surface area contributed by atoms with Crippen molar-refractivity contribution in [2.45, 2.75) is 37.5 Å². The molecule has 3 aliphatic rings. The predicted octanol–water partition coefficient (Wildman–Crippen LogP) is 3.56. The minimum atomic E-state index is -1.22. The zero-order valence-corrected chi connectivity index (χ0v) is 16.2. The third-order valence-electron chi connectivity index (χ3n) is 6.43. The highest BCUT2D eigenvalue weighted by Gasteiger charge is 2.73. The molecule has 29 heavy (non-hydrogen) atoms. The average molecular weight is 387 g/mol. The Balaban J connectivity index is 1.77. The number of hydrogen-bond acceptors (Lipinski definition) is 5. The van der Waals surface area contributed by atoms with Gasteiger partial charge in [0.2, 0.25) is 0 Å². The molecule has 3 aliphatic heterocycles. The molecule has 2 saturated heterocycles. The van der Waals surface area contributed by atoms with Crippen molar-refractivity contribution in [1.82, 2.24) is 4.90 Å². The summed E-state index contributed by atoms with van der Waals surface area (Å²) in [6, 6.07) is 17.7. The number of carbonyl (C=O) groups is 3. The predicted molar refractivity (Wildman–Crippen MR) is 106 cm³/mol. The van der Waals surface area contributed by atoms with E-state index in [0.29, 0.717) is 35.2 Å². The zero-order chi connectivity index (χ0) is 20.2. The first-order chi connectivity index (χ1) is 14.0. The number of nitrogens with zero attached hydrogens (tertiary/aromatic N) is 1. The largest absolute Gasteiger partial charge is 0.438 e. The van der Waals surface area contributed by atoms with E-state index < -0.39 is 17.2 Å². The van der Waals surface area contributed by atoms with E-state index in [4.69, 9.17) is 4.74 Å². The van der Waals surface area contributed by atoms with Crippen LogP contribution >= 0.6 is 0 Å². The van der Waals surface area contributed by atoms with Crippen LogP contribution in [0, 0.1) is 0 Å². The summed E-state index contributed by atoms with van der Waals surface area (Å²) < 4.78 is 5.81. The van der Waals surface area contributed by atoms with Gasteiger partial charge in [-0.1, -0.05) is 60.7 Å². The van der Waals surface area contributed by atoms with E-state index in [1.807, 2.05) is 17.0 Å². The minimum Gasteiger partial charge on any atom is -0.438 e. The minimum absolute atomic E-state index is 0.256. The third kappa shape index (κ3) is 2.28. The summed E-state index contributed by atoms with van der Waals surface area (Å²) in [5.41, 5.74) is -0.816. The van der Waals surface area contributed by atoms with Gasteiger partial charge in [0.25, 0.3) is 0 Å². The topological polar surface area (TPSA) is 63.7 Å². The molecule has 5 rings (SSSR count). The first-order valence-corrected chi connectivity index (χ1v) is 9.96. The van der Waals surface area contributed by atoms with Crippen LogP contribution in [0.25, 0.3) is 0 Å². The van der Waals surface area contributed by atoms with Gasteiger partial charge in [-0.15, -0.1) is 0 Å². The zero-order valence-electron chi connectivity index (χ0n) is 16.2. The molecule has 5 nitrogen and oxygen atoms in total. The van der Waals surface area contributed by atoms with Crippen LogP contribution < -0.4 is 0 Å². The second kappa shape index (κ2) is 6.22. The van der Waals surface area contributed by atoms with Crippen molar-refractivity contribution < 1.29 is 19.1 Å². The van der Waals surface area contributed by atoms with Crippen molar-refractivity contribution in [3.63, 3.8) is 0 Å². The van der Waals surface area contributed by atoms with Crippen LogP contribution in [0.15, 0.2) is 71.8 Å². The Kier molecular flexibility index (Phi) is 3.87. The maximum Gasteiger partial charge on any atom is 0.333 e. The third-order valence-corrected chi connectivity index (χ3v) is 6.43. The van der Waals surface area contributed by atoms with E-state index in [1.54, 1.807) is 55.5 Å². The number of ether oxygens (including phenoxy) is 1. The molecule has 2 atom stereocenters. The van der Waals surface area contributed by atoms with Gasteiger partial charge in [0.05, 0.1) is 5.57 Å². The molecule has 0 aromatic heterocycles. The van der Waals surface area contributed by atoms with E-state index in [0.717, 1.165) is 12.8 Å². The van der Waals surface area contributed by atoms with Crippen LogP contribution in [0.5, 0.6) is 0 Å². The Morgan fingerprint density at radius 3 is 2.00 bits per heavy atom. The average Bonchev–Trinajstić information content (AvgIpc) is 3.14. The lowest BCUT2D eigenvalue weighted by Gasteiger charge is -2.38. The van der Waals surface area contributed by atoms with E-state index in [-0.39, 0.29) is 11.6 Å². The van der Waals surface area contributed by atoms with Gasteiger partial charge in [0.15, 0.2) is 22.8 Å². The number of piperidine rings is 1. The Morgan fingerprint density at radius 2 is 1.41 bits per heavy atom. The fraction of sp³-hybridized carbons (Fsp3) is 0.292. The fourth-order valence-electron chi connectivity index (χ4n) is 5.17. The Bertz CT molecular complexity index is 1060. The summed E-state index contributed by atoms with van der Waals surface area (Å²) in [6.45, 7) is 2.36.